The van der Waals surface area contributed by atoms with Crippen molar-refractivity contribution >= 4 is 29.3 Å². The van der Waals surface area contributed by atoms with Crippen LogP contribution in [0.3, 0.4) is 0 Å². The van der Waals surface area contributed by atoms with Gasteiger partial charge in [0.25, 0.3) is 0 Å². The number of carbonyl (C=O) groups is 1. The van der Waals surface area contributed by atoms with Gasteiger partial charge in [0.1, 0.15) is 11.9 Å². The number of nitriles is 1. The Morgan fingerprint density at radius 3 is 2.80 bits per heavy atom. The highest BCUT2D eigenvalue weighted by Crippen LogP contribution is 2.28. The third-order valence-electron chi connectivity index (χ3n) is 3.10. The van der Waals surface area contributed by atoms with Gasteiger partial charge < -0.3 is 14.8 Å². The van der Waals surface area contributed by atoms with Crippen molar-refractivity contribution < 1.29 is 18.7 Å². The molecule has 0 aliphatic rings. The standard InChI is InChI=1S/C18H14ClFN2O3/c1-24-17-10-12(2-6-16(17)25-9-8-21)3-7-18(23)22-15-5-4-13(19)11-14(15)20/h2-7,10-11H,9H2,1H3,(H,22,23)/b7-3+. The summed E-state index contributed by atoms with van der Waals surface area (Å²) in [5.74, 6) is -0.254. The molecule has 2 rings (SSSR count). The molecular weight excluding hydrogens is 347 g/mol. The fourth-order valence-corrected chi connectivity index (χ4v) is 2.11. The number of nitrogens with one attached hydrogen (secondary N) is 1. The van der Waals surface area contributed by atoms with Gasteiger partial charge in [0.2, 0.25) is 5.91 Å². The first-order valence-corrected chi connectivity index (χ1v) is 7.53. The topological polar surface area (TPSA) is 71.3 Å². The smallest absolute Gasteiger partial charge is 0.248 e. The lowest BCUT2D eigenvalue weighted by Gasteiger charge is -2.08. The molecule has 1 N–H and O–H groups in total. The predicted octanol–water partition coefficient (Wildman–Crippen LogP) is 4.04. The van der Waals surface area contributed by atoms with Gasteiger partial charge in [-0.1, -0.05) is 17.7 Å². The van der Waals surface area contributed by atoms with Crippen molar-refractivity contribution in [2.75, 3.05) is 19.0 Å². The van der Waals surface area contributed by atoms with Crippen LogP contribution in [0.15, 0.2) is 42.5 Å². The molecule has 0 bridgehead atoms. The molecule has 0 radical (unpaired) electrons. The summed E-state index contributed by atoms with van der Waals surface area (Å²) in [6.45, 7) is -0.0966. The highest BCUT2D eigenvalue weighted by molar-refractivity contribution is 6.30. The molecule has 2 aromatic carbocycles. The maximum Gasteiger partial charge on any atom is 0.248 e. The van der Waals surface area contributed by atoms with E-state index in [1.54, 1.807) is 24.3 Å². The molecule has 0 fully saturated rings. The number of hydrogen-bond acceptors (Lipinski definition) is 4. The molecule has 2 aromatic rings. The minimum absolute atomic E-state index is 0.0388. The van der Waals surface area contributed by atoms with Crippen LogP contribution in [0.1, 0.15) is 5.56 Å². The number of benzene rings is 2. The summed E-state index contributed by atoms with van der Waals surface area (Å²) in [5.41, 5.74) is 0.713. The van der Waals surface area contributed by atoms with Gasteiger partial charge in [0.05, 0.1) is 12.8 Å². The summed E-state index contributed by atoms with van der Waals surface area (Å²) < 4.78 is 24.0. The molecule has 5 nitrogen and oxygen atoms in total. The van der Waals surface area contributed by atoms with Crippen molar-refractivity contribution in [1.29, 1.82) is 5.26 Å². The molecule has 1 amide bonds. The number of ether oxygens (including phenoxy) is 2. The third-order valence-corrected chi connectivity index (χ3v) is 3.33. The minimum Gasteiger partial charge on any atom is -0.493 e. The Balaban J connectivity index is 2.07. The van der Waals surface area contributed by atoms with E-state index in [-0.39, 0.29) is 17.3 Å². The van der Waals surface area contributed by atoms with E-state index in [9.17, 15) is 9.18 Å². The van der Waals surface area contributed by atoms with Crippen LogP contribution < -0.4 is 14.8 Å². The maximum atomic E-state index is 13.6. The van der Waals surface area contributed by atoms with Gasteiger partial charge in [-0.2, -0.15) is 5.26 Å². The molecule has 0 aromatic heterocycles. The molecule has 7 heteroatoms. The minimum atomic E-state index is -0.616. The number of rotatable bonds is 6. The van der Waals surface area contributed by atoms with Gasteiger partial charge in [0.15, 0.2) is 18.1 Å². The van der Waals surface area contributed by atoms with E-state index in [1.807, 2.05) is 6.07 Å². The van der Waals surface area contributed by atoms with E-state index >= 15 is 0 Å². The van der Waals surface area contributed by atoms with Crippen LogP contribution in [0.2, 0.25) is 5.02 Å². The fourth-order valence-electron chi connectivity index (χ4n) is 1.95. The number of anilines is 1. The highest BCUT2D eigenvalue weighted by atomic mass is 35.5. The van der Waals surface area contributed by atoms with Crippen molar-refractivity contribution in [3.63, 3.8) is 0 Å². The average Bonchev–Trinajstić information content (AvgIpc) is 2.60. The molecule has 0 saturated carbocycles. The van der Waals surface area contributed by atoms with Gasteiger partial charge in [-0.05, 0) is 42.0 Å². The van der Waals surface area contributed by atoms with E-state index in [0.29, 0.717) is 17.1 Å². The van der Waals surface area contributed by atoms with Crippen molar-refractivity contribution in [1.82, 2.24) is 0 Å². The quantitative estimate of drug-likeness (QED) is 0.789. The molecular formula is C18H14ClFN2O3. The first kappa shape index (κ1) is 18.3. The molecule has 0 unspecified atom stereocenters. The zero-order valence-electron chi connectivity index (χ0n) is 13.3. The van der Waals surface area contributed by atoms with Crippen LogP contribution in [0.25, 0.3) is 6.08 Å². The Bertz CT molecular complexity index is 847. The number of nitrogens with zero attached hydrogens (tertiary/aromatic N) is 1. The molecule has 25 heavy (non-hydrogen) atoms. The number of hydrogen-bond donors (Lipinski definition) is 1. The molecule has 0 atom stereocenters. The van der Waals surface area contributed by atoms with Crippen LogP contribution in [0, 0.1) is 17.1 Å². The second kappa shape index (κ2) is 8.71. The normalized spacial score (nSPS) is 10.3. The predicted molar refractivity (Wildman–Crippen MR) is 93.2 cm³/mol. The van der Waals surface area contributed by atoms with Crippen LogP contribution in [-0.4, -0.2) is 19.6 Å². The van der Waals surface area contributed by atoms with E-state index < -0.39 is 11.7 Å². The number of amides is 1. The maximum absolute atomic E-state index is 13.6. The molecule has 0 aliphatic carbocycles. The zero-order valence-corrected chi connectivity index (χ0v) is 14.0. The zero-order chi connectivity index (χ0) is 18.2. The van der Waals surface area contributed by atoms with E-state index in [1.165, 1.54) is 25.3 Å². The summed E-state index contributed by atoms with van der Waals surface area (Å²) in [6, 6.07) is 10.8. The largest absolute Gasteiger partial charge is 0.493 e. The van der Waals surface area contributed by atoms with Crippen molar-refractivity contribution in [2.24, 2.45) is 0 Å². The van der Waals surface area contributed by atoms with Gasteiger partial charge in [-0.3, -0.25) is 4.79 Å². The Morgan fingerprint density at radius 1 is 1.32 bits per heavy atom. The molecule has 0 saturated heterocycles. The second-order valence-electron chi connectivity index (χ2n) is 4.80. The molecule has 0 aliphatic heterocycles. The monoisotopic (exact) mass is 360 g/mol. The van der Waals surface area contributed by atoms with Gasteiger partial charge >= 0.3 is 0 Å². The van der Waals surface area contributed by atoms with E-state index in [0.717, 1.165) is 6.07 Å². The van der Waals surface area contributed by atoms with Gasteiger partial charge in [0, 0.05) is 11.1 Å². The summed E-state index contributed by atoms with van der Waals surface area (Å²) >= 11 is 5.66. The number of carbonyl (C=O) groups excluding carboxylic acids is 1. The summed E-state index contributed by atoms with van der Waals surface area (Å²) in [5, 5.41) is 11.2. The van der Waals surface area contributed by atoms with E-state index in [2.05, 4.69) is 5.32 Å². The molecule has 0 heterocycles. The SMILES string of the molecule is COc1cc(/C=C/C(=O)Nc2ccc(Cl)cc2F)ccc1OCC#N. The number of methoxy groups -OCH3 is 1. The van der Waals surface area contributed by atoms with Crippen molar-refractivity contribution in [3.8, 4) is 17.6 Å². The van der Waals surface area contributed by atoms with Gasteiger partial charge in [-0.25, -0.2) is 4.39 Å². The lowest BCUT2D eigenvalue weighted by Crippen LogP contribution is -2.09. The first-order chi connectivity index (χ1) is 12.0. The van der Waals surface area contributed by atoms with E-state index in [4.69, 9.17) is 26.3 Å². The van der Waals surface area contributed by atoms with Gasteiger partial charge in [-0.15, -0.1) is 0 Å². The highest BCUT2D eigenvalue weighted by Gasteiger charge is 2.07. The lowest BCUT2D eigenvalue weighted by atomic mass is 10.2. The molecule has 0 spiro atoms. The van der Waals surface area contributed by atoms with Crippen LogP contribution in [0.4, 0.5) is 10.1 Å². The summed E-state index contributed by atoms with van der Waals surface area (Å²) in [6.07, 6.45) is 2.80. The fraction of sp³-hybridized carbons (Fsp3) is 0.111. The Kier molecular flexibility index (Phi) is 6.38. The van der Waals surface area contributed by atoms with Crippen molar-refractivity contribution in [3.05, 3.63) is 58.9 Å². The van der Waals surface area contributed by atoms with Crippen molar-refractivity contribution in [2.45, 2.75) is 0 Å². The Morgan fingerprint density at radius 2 is 2.12 bits per heavy atom. The summed E-state index contributed by atoms with van der Waals surface area (Å²) in [7, 11) is 1.47. The molecule has 128 valence electrons. The van der Waals surface area contributed by atoms with Crippen LogP contribution >= 0.6 is 11.6 Å². The summed E-state index contributed by atoms with van der Waals surface area (Å²) in [4.78, 5) is 11.9. The Hall–Kier alpha value is -3.04. The Labute approximate surface area is 149 Å². The number of halogens is 2. The lowest BCUT2D eigenvalue weighted by molar-refractivity contribution is -0.111. The van der Waals surface area contributed by atoms with Crippen LogP contribution in [-0.2, 0) is 4.79 Å². The average molecular weight is 361 g/mol. The second-order valence-corrected chi connectivity index (χ2v) is 5.24. The van der Waals surface area contributed by atoms with Crippen LogP contribution in [0.5, 0.6) is 11.5 Å². The third kappa shape index (κ3) is 5.23. The first-order valence-electron chi connectivity index (χ1n) is 7.15.